The highest BCUT2D eigenvalue weighted by Gasteiger charge is 2.26. The molecule has 1 heterocycles. The molecule has 0 amide bonds. The van der Waals surface area contributed by atoms with Gasteiger partial charge in [0.1, 0.15) is 11.5 Å². The number of nitrogens with one attached hydrogen (secondary N) is 1. The van der Waals surface area contributed by atoms with Crippen molar-refractivity contribution in [3.63, 3.8) is 0 Å². The summed E-state index contributed by atoms with van der Waals surface area (Å²) in [6.07, 6.45) is 0. The van der Waals surface area contributed by atoms with E-state index in [-0.39, 0.29) is 10.9 Å². The van der Waals surface area contributed by atoms with Gasteiger partial charge in [0.05, 0.1) is 4.90 Å². The summed E-state index contributed by atoms with van der Waals surface area (Å²) < 4.78 is 35.1. The van der Waals surface area contributed by atoms with Crippen LogP contribution >= 0.6 is 0 Å². The van der Waals surface area contributed by atoms with E-state index >= 15 is 0 Å². The van der Waals surface area contributed by atoms with Crippen LogP contribution in [0.4, 0.5) is 0 Å². The summed E-state index contributed by atoms with van der Waals surface area (Å²) in [5.74, 6) is 1.29. The summed E-state index contributed by atoms with van der Waals surface area (Å²) in [6.45, 7) is 3.96. The van der Waals surface area contributed by atoms with Crippen molar-refractivity contribution in [2.24, 2.45) is 0 Å². The maximum atomic E-state index is 13.2. The Labute approximate surface area is 225 Å². The van der Waals surface area contributed by atoms with Gasteiger partial charge >= 0.3 is 0 Å². The number of sulfonamides is 1. The van der Waals surface area contributed by atoms with Crippen molar-refractivity contribution in [2.75, 3.05) is 39.8 Å². The number of ether oxygens (including phenoxy) is 1. The van der Waals surface area contributed by atoms with Crippen molar-refractivity contribution >= 4 is 10.0 Å². The molecule has 4 aromatic rings. The van der Waals surface area contributed by atoms with Crippen LogP contribution in [0.15, 0.2) is 114 Å². The lowest BCUT2D eigenvalue weighted by Gasteiger charge is -2.38. The summed E-state index contributed by atoms with van der Waals surface area (Å²) in [7, 11) is -1.58. The summed E-state index contributed by atoms with van der Waals surface area (Å²) >= 11 is 0. The maximum Gasteiger partial charge on any atom is 0.240 e. The molecule has 0 aliphatic carbocycles. The molecule has 0 bridgehead atoms. The second-order valence-electron chi connectivity index (χ2n) is 9.58. The van der Waals surface area contributed by atoms with Crippen LogP contribution < -0.4 is 9.46 Å². The number of hydrogen-bond acceptors (Lipinski definition) is 5. The van der Waals surface area contributed by atoms with Crippen LogP contribution in [0.25, 0.3) is 11.1 Å². The fourth-order valence-electron chi connectivity index (χ4n) is 4.70. The van der Waals surface area contributed by atoms with E-state index in [1.165, 1.54) is 0 Å². The largest absolute Gasteiger partial charge is 0.457 e. The van der Waals surface area contributed by atoms with E-state index in [1.54, 1.807) is 24.3 Å². The smallest absolute Gasteiger partial charge is 0.240 e. The molecule has 1 aliphatic rings. The van der Waals surface area contributed by atoms with E-state index in [0.717, 1.165) is 42.9 Å². The Hall–Kier alpha value is -3.49. The SMILES string of the molecule is CN1CCN(C(CNS(=O)(=O)c2ccc(Oc3ccccc3)cc2)c2ccc(-c3ccccc3)cc2)CC1. The van der Waals surface area contributed by atoms with Crippen LogP contribution in [0.2, 0.25) is 0 Å². The van der Waals surface area contributed by atoms with Crippen LogP contribution in [-0.2, 0) is 10.0 Å². The zero-order valence-electron chi connectivity index (χ0n) is 21.5. The highest BCUT2D eigenvalue weighted by Crippen LogP contribution is 2.27. The van der Waals surface area contributed by atoms with Gasteiger partial charge in [-0.05, 0) is 60.1 Å². The molecule has 38 heavy (non-hydrogen) atoms. The first-order valence-corrected chi connectivity index (χ1v) is 14.4. The molecule has 1 atom stereocenters. The molecule has 0 spiro atoms. The zero-order chi connectivity index (χ0) is 26.4. The quantitative estimate of drug-likeness (QED) is 0.315. The fraction of sp³-hybridized carbons (Fsp3) is 0.226. The molecule has 7 heteroatoms. The summed E-state index contributed by atoms with van der Waals surface area (Å²) in [5, 5.41) is 0. The summed E-state index contributed by atoms with van der Waals surface area (Å²) in [4.78, 5) is 4.89. The number of nitrogens with zero attached hydrogens (tertiary/aromatic N) is 2. The van der Waals surface area contributed by atoms with Crippen molar-refractivity contribution in [1.29, 1.82) is 0 Å². The average molecular weight is 528 g/mol. The van der Waals surface area contributed by atoms with Crippen molar-refractivity contribution in [1.82, 2.24) is 14.5 Å². The molecule has 5 rings (SSSR count). The van der Waals surface area contributed by atoms with E-state index in [9.17, 15) is 8.42 Å². The normalized spacial score (nSPS) is 15.7. The standard InChI is InChI=1S/C31H33N3O3S/c1-33-20-22-34(23-21-33)31(27-14-12-26(13-15-27)25-8-4-2-5-9-25)24-32-38(35,36)30-18-16-29(17-19-30)37-28-10-6-3-7-11-28/h2-19,31-32H,20-24H2,1H3. The van der Waals surface area contributed by atoms with Gasteiger partial charge in [0.2, 0.25) is 10.0 Å². The molecular weight excluding hydrogens is 494 g/mol. The maximum absolute atomic E-state index is 13.2. The highest BCUT2D eigenvalue weighted by atomic mass is 32.2. The van der Waals surface area contributed by atoms with E-state index in [4.69, 9.17) is 4.74 Å². The fourth-order valence-corrected chi connectivity index (χ4v) is 5.74. The number of hydrogen-bond donors (Lipinski definition) is 1. The average Bonchev–Trinajstić information content (AvgIpc) is 2.96. The predicted molar refractivity (Wildman–Crippen MR) is 152 cm³/mol. The third-order valence-corrected chi connectivity index (χ3v) is 8.40. The first kappa shape index (κ1) is 26.1. The Kier molecular flexibility index (Phi) is 8.20. The van der Waals surface area contributed by atoms with Crippen molar-refractivity contribution in [2.45, 2.75) is 10.9 Å². The van der Waals surface area contributed by atoms with Gasteiger partial charge < -0.3 is 9.64 Å². The second kappa shape index (κ2) is 11.9. The van der Waals surface area contributed by atoms with Crippen LogP contribution in [0.1, 0.15) is 11.6 Å². The Morgan fingerprint density at radius 1 is 0.711 bits per heavy atom. The first-order valence-electron chi connectivity index (χ1n) is 12.9. The molecular formula is C31H33N3O3S. The molecule has 1 unspecified atom stereocenters. The predicted octanol–water partition coefficient (Wildman–Crippen LogP) is 5.41. The zero-order valence-corrected chi connectivity index (χ0v) is 22.3. The Balaban J connectivity index is 1.31. The number of likely N-dealkylation sites (N-methyl/N-ethyl adjacent to an activating group) is 1. The summed E-state index contributed by atoms with van der Waals surface area (Å²) in [5.41, 5.74) is 3.41. The van der Waals surface area contributed by atoms with Crippen LogP contribution in [0, 0.1) is 0 Å². The van der Waals surface area contributed by atoms with Gasteiger partial charge in [-0.2, -0.15) is 0 Å². The minimum atomic E-state index is -3.70. The van der Waals surface area contributed by atoms with Gasteiger partial charge in [-0.15, -0.1) is 0 Å². The third kappa shape index (κ3) is 6.49. The molecule has 1 saturated heterocycles. The Morgan fingerprint density at radius 3 is 1.89 bits per heavy atom. The number of rotatable bonds is 9. The molecule has 196 valence electrons. The number of piperazine rings is 1. The lowest BCUT2D eigenvalue weighted by molar-refractivity contribution is 0.113. The highest BCUT2D eigenvalue weighted by molar-refractivity contribution is 7.89. The minimum Gasteiger partial charge on any atom is -0.457 e. The van der Waals surface area contributed by atoms with E-state index in [2.05, 4.69) is 58.0 Å². The lowest BCUT2D eigenvalue weighted by atomic mass is 9.99. The molecule has 1 fully saturated rings. The van der Waals surface area contributed by atoms with Gasteiger partial charge in [0, 0.05) is 38.8 Å². The first-order chi connectivity index (χ1) is 18.5. The van der Waals surface area contributed by atoms with Crippen LogP contribution in [-0.4, -0.2) is 58.0 Å². The van der Waals surface area contributed by atoms with Gasteiger partial charge in [-0.25, -0.2) is 13.1 Å². The molecule has 0 saturated carbocycles. The van der Waals surface area contributed by atoms with Gasteiger partial charge in [0.25, 0.3) is 0 Å². The van der Waals surface area contributed by atoms with Crippen LogP contribution in [0.5, 0.6) is 11.5 Å². The monoisotopic (exact) mass is 527 g/mol. The van der Waals surface area contributed by atoms with Crippen molar-refractivity contribution in [3.8, 4) is 22.6 Å². The second-order valence-corrected chi connectivity index (χ2v) is 11.3. The van der Waals surface area contributed by atoms with E-state index in [0.29, 0.717) is 18.0 Å². The van der Waals surface area contributed by atoms with Gasteiger partial charge in [-0.3, -0.25) is 4.90 Å². The number of para-hydroxylation sites is 1. The van der Waals surface area contributed by atoms with Crippen molar-refractivity contribution < 1.29 is 13.2 Å². The molecule has 0 aromatic heterocycles. The minimum absolute atomic E-state index is 0.0658. The molecule has 4 aromatic carbocycles. The summed E-state index contributed by atoms with van der Waals surface area (Å²) in [6, 6.07) is 34.6. The molecule has 6 nitrogen and oxygen atoms in total. The third-order valence-electron chi connectivity index (χ3n) is 6.96. The van der Waals surface area contributed by atoms with E-state index in [1.807, 2.05) is 48.5 Å². The topological polar surface area (TPSA) is 61.9 Å². The molecule has 0 radical (unpaired) electrons. The van der Waals surface area contributed by atoms with Gasteiger partial charge in [-0.1, -0.05) is 72.8 Å². The van der Waals surface area contributed by atoms with Gasteiger partial charge in [0.15, 0.2) is 0 Å². The Bertz CT molecular complexity index is 1400. The molecule has 1 N–H and O–H groups in total. The Morgan fingerprint density at radius 2 is 1.26 bits per heavy atom. The van der Waals surface area contributed by atoms with Crippen molar-refractivity contribution in [3.05, 3.63) is 115 Å². The lowest BCUT2D eigenvalue weighted by Crippen LogP contribution is -2.48. The van der Waals surface area contributed by atoms with Crippen LogP contribution in [0.3, 0.4) is 0 Å². The molecule has 1 aliphatic heterocycles. The number of benzene rings is 4. The van der Waals surface area contributed by atoms with E-state index < -0.39 is 10.0 Å².